The average Bonchev–Trinajstić information content (AvgIpc) is 2.46. The van der Waals surface area contributed by atoms with Gasteiger partial charge in [0, 0.05) is 5.69 Å². The molecule has 1 aromatic rings. The number of unbranched alkanes of at least 4 members (excludes halogenated alkanes) is 1. The van der Waals surface area contributed by atoms with Gasteiger partial charge in [-0.2, -0.15) is 0 Å². The first-order chi connectivity index (χ1) is 9.63. The van der Waals surface area contributed by atoms with E-state index in [4.69, 9.17) is 15.2 Å². The van der Waals surface area contributed by atoms with Crippen molar-refractivity contribution in [2.24, 2.45) is 5.92 Å². The Labute approximate surface area is 121 Å². The molecule has 0 aliphatic carbocycles. The fourth-order valence-corrected chi connectivity index (χ4v) is 2.10. The van der Waals surface area contributed by atoms with Crippen LogP contribution in [0.2, 0.25) is 0 Å². The summed E-state index contributed by atoms with van der Waals surface area (Å²) in [7, 11) is 1.52. The predicted octanol–water partition coefficient (Wildman–Crippen LogP) is 3.65. The molecular formula is C16H25NO3. The molecule has 0 heterocycles. The Morgan fingerprint density at radius 3 is 2.70 bits per heavy atom. The third-order valence-corrected chi connectivity index (χ3v) is 3.48. The Morgan fingerprint density at radius 1 is 1.35 bits per heavy atom. The van der Waals surface area contributed by atoms with Gasteiger partial charge in [-0.1, -0.05) is 39.2 Å². The second-order valence-corrected chi connectivity index (χ2v) is 4.94. The van der Waals surface area contributed by atoms with E-state index in [2.05, 4.69) is 13.8 Å². The summed E-state index contributed by atoms with van der Waals surface area (Å²) >= 11 is 0. The lowest BCUT2D eigenvalue weighted by atomic mass is 10.0. The van der Waals surface area contributed by atoms with Crippen LogP contribution in [-0.2, 0) is 4.74 Å². The van der Waals surface area contributed by atoms with Gasteiger partial charge in [-0.15, -0.1) is 0 Å². The minimum Gasteiger partial charge on any atom is -0.496 e. The fraction of sp³-hybridized carbons (Fsp3) is 0.562. The lowest BCUT2D eigenvalue weighted by Crippen LogP contribution is -2.16. The van der Waals surface area contributed by atoms with Crippen molar-refractivity contribution in [2.45, 2.75) is 39.5 Å². The molecule has 0 saturated carbocycles. The Hall–Kier alpha value is -1.71. The molecule has 4 nitrogen and oxygen atoms in total. The second kappa shape index (κ2) is 8.46. The first kappa shape index (κ1) is 16.3. The molecule has 0 fully saturated rings. The first-order valence-electron chi connectivity index (χ1n) is 7.23. The second-order valence-electron chi connectivity index (χ2n) is 4.94. The van der Waals surface area contributed by atoms with Gasteiger partial charge in [-0.05, 0) is 24.5 Å². The number of carbonyl (C=O) groups excluding carboxylic acids is 1. The molecule has 1 unspecified atom stereocenters. The molecule has 0 saturated heterocycles. The Morgan fingerprint density at radius 2 is 2.10 bits per heavy atom. The summed E-state index contributed by atoms with van der Waals surface area (Å²) in [6.45, 7) is 4.71. The van der Waals surface area contributed by atoms with Crippen molar-refractivity contribution < 1.29 is 14.3 Å². The SMILES string of the molecule is CCCCC(CC)COC(=O)c1c(N)cccc1OC. The summed E-state index contributed by atoms with van der Waals surface area (Å²) in [4.78, 5) is 12.2. The van der Waals surface area contributed by atoms with Crippen molar-refractivity contribution in [1.29, 1.82) is 0 Å². The van der Waals surface area contributed by atoms with Crippen molar-refractivity contribution >= 4 is 11.7 Å². The maximum Gasteiger partial charge on any atom is 0.344 e. The summed E-state index contributed by atoms with van der Waals surface area (Å²) < 4.78 is 10.6. The van der Waals surface area contributed by atoms with Crippen LogP contribution in [0.25, 0.3) is 0 Å². The van der Waals surface area contributed by atoms with E-state index in [1.165, 1.54) is 7.11 Å². The summed E-state index contributed by atoms with van der Waals surface area (Å²) in [5, 5.41) is 0. The largest absolute Gasteiger partial charge is 0.496 e. The Balaban J connectivity index is 2.67. The van der Waals surface area contributed by atoms with Crippen LogP contribution in [0.4, 0.5) is 5.69 Å². The van der Waals surface area contributed by atoms with Crippen LogP contribution >= 0.6 is 0 Å². The number of nitrogen functional groups attached to an aromatic ring is 1. The summed E-state index contributed by atoms with van der Waals surface area (Å²) in [5.41, 5.74) is 6.54. The molecule has 1 aromatic carbocycles. The first-order valence-corrected chi connectivity index (χ1v) is 7.23. The van der Waals surface area contributed by atoms with Gasteiger partial charge in [-0.3, -0.25) is 0 Å². The number of methoxy groups -OCH3 is 1. The molecule has 20 heavy (non-hydrogen) atoms. The van der Waals surface area contributed by atoms with Crippen molar-refractivity contribution in [1.82, 2.24) is 0 Å². The van der Waals surface area contributed by atoms with Gasteiger partial charge in [0.05, 0.1) is 13.7 Å². The van der Waals surface area contributed by atoms with E-state index in [1.54, 1.807) is 18.2 Å². The molecule has 0 amide bonds. The number of esters is 1. The van der Waals surface area contributed by atoms with Crippen LogP contribution < -0.4 is 10.5 Å². The molecule has 0 spiro atoms. The molecule has 1 rings (SSSR count). The molecule has 0 bridgehead atoms. The number of nitrogens with two attached hydrogens (primary N) is 1. The highest BCUT2D eigenvalue weighted by molar-refractivity contribution is 5.98. The van der Waals surface area contributed by atoms with Gasteiger partial charge in [0.1, 0.15) is 11.3 Å². The zero-order chi connectivity index (χ0) is 15.0. The van der Waals surface area contributed by atoms with Crippen LogP contribution in [-0.4, -0.2) is 19.7 Å². The number of carbonyl (C=O) groups is 1. The molecule has 0 aliphatic heterocycles. The maximum atomic E-state index is 12.2. The van der Waals surface area contributed by atoms with E-state index in [0.717, 1.165) is 25.7 Å². The zero-order valence-electron chi connectivity index (χ0n) is 12.6. The van der Waals surface area contributed by atoms with Crippen LogP contribution in [0, 0.1) is 5.92 Å². The van der Waals surface area contributed by atoms with Crippen molar-refractivity contribution in [3.05, 3.63) is 23.8 Å². The molecule has 0 radical (unpaired) electrons. The Kier molecular flexibility index (Phi) is 6.91. The normalized spacial score (nSPS) is 11.9. The number of rotatable bonds is 8. The highest BCUT2D eigenvalue weighted by Gasteiger charge is 2.18. The molecular weight excluding hydrogens is 254 g/mol. The maximum absolute atomic E-state index is 12.2. The molecule has 112 valence electrons. The average molecular weight is 279 g/mol. The van der Waals surface area contributed by atoms with Crippen LogP contribution in [0.5, 0.6) is 5.75 Å². The van der Waals surface area contributed by atoms with Crippen LogP contribution in [0.3, 0.4) is 0 Å². The summed E-state index contributed by atoms with van der Waals surface area (Å²) in [6.07, 6.45) is 4.41. The predicted molar refractivity (Wildman–Crippen MR) is 81.0 cm³/mol. The molecule has 2 N–H and O–H groups in total. The van der Waals surface area contributed by atoms with Gasteiger partial charge in [0.2, 0.25) is 0 Å². The number of ether oxygens (including phenoxy) is 2. The third-order valence-electron chi connectivity index (χ3n) is 3.48. The van der Waals surface area contributed by atoms with Gasteiger partial charge in [0.25, 0.3) is 0 Å². The summed E-state index contributed by atoms with van der Waals surface area (Å²) in [5.74, 6) is 0.460. The molecule has 4 heteroatoms. The quantitative estimate of drug-likeness (QED) is 0.583. The number of hydrogen-bond donors (Lipinski definition) is 1. The highest BCUT2D eigenvalue weighted by Crippen LogP contribution is 2.25. The fourth-order valence-electron chi connectivity index (χ4n) is 2.10. The third kappa shape index (κ3) is 4.44. The van der Waals surface area contributed by atoms with E-state index in [9.17, 15) is 4.79 Å². The van der Waals surface area contributed by atoms with E-state index < -0.39 is 5.97 Å². The lowest BCUT2D eigenvalue weighted by Gasteiger charge is -2.16. The number of hydrogen-bond acceptors (Lipinski definition) is 4. The topological polar surface area (TPSA) is 61.5 Å². The van der Waals surface area contributed by atoms with Gasteiger partial charge in [0.15, 0.2) is 0 Å². The van der Waals surface area contributed by atoms with Crippen LogP contribution in [0.15, 0.2) is 18.2 Å². The minimum absolute atomic E-state index is 0.320. The zero-order valence-corrected chi connectivity index (χ0v) is 12.6. The van der Waals surface area contributed by atoms with E-state index in [1.807, 2.05) is 0 Å². The monoisotopic (exact) mass is 279 g/mol. The summed E-state index contributed by atoms with van der Waals surface area (Å²) in [6, 6.07) is 5.13. The van der Waals surface area contributed by atoms with Gasteiger partial charge >= 0.3 is 5.97 Å². The van der Waals surface area contributed by atoms with E-state index >= 15 is 0 Å². The smallest absolute Gasteiger partial charge is 0.344 e. The van der Waals surface area contributed by atoms with Crippen molar-refractivity contribution in [3.8, 4) is 5.75 Å². The van der Waals surface area contributed by atoms with E-state index in [0.29, 0.717) is 29.5 Å². The number of anilines is 1. The highest BCUT2D eigenvalue weighted by atomic mass is 16.5. The molecule has 0 aromatic heterocycles. The standard InChI is InChI=1S/C16H25NO3/c1-4-6-8-12(5-2)11-20-16(18)15-13(17)9-7-10-14(15)19-3/h7,9-10,12H,4-6,8,11,17H2,1-3H3. The van der Waals surface area contributed by atoms with Gasteiger partial charge < -0.3 is 15.2 Å². The van der Waals surface area contributed by atoms with Crippen LogP contribution in [0.1, 0.15) is 49.9 Å². The lowest BCUT2D eigenvalue weighted by molar-refractivity contribution is 0.0426. The van der Waals surface area contributed by atoms with Gasteiger partial charge in [-0.25, -0.2) is 4.79 Å². The molecule has 0 aliphatic rings. The minimum atomic E-state index is -0.408. The van der Waals surface area contributed by atoms with E-state index in [-0.39, 0.29) is 0 Å². The van der Waals surface area contributed by atoms with Crippen molar-refractivity contribution in [3.63, 3.8) is 0 Å². The van der Waals surface area contributed by atoms with Crippen molar-refractivity contribution in [2.75, 3.05) is 19.5 Å². The number of benzene rings is 1. The Bertz CT molecular complexity index is 432. The molecule has 1 atom stereocenters.